The number of allylic oxidation sites excluding steroid dienone is 1. The SMILES string of the molecule is C=C(I)[C@](C=O)(CCCC)c1ccc2c(c1)OCO2. The van der Waals surface area contributed by atoms with Crippen molar-refractivity contribution >= 4 is 28.9 Å². The molecule has 1 atom stereocenters. The zero-order chi connectivity index (χ0) is 13.9. The summed E-state index contributed by atoms with van der Waals surface area (Å²) < 4.78 is 11.5. The molecular weight excluding hydrogens is 355 g/mol. The minimum atomic E-state index is -0.627. The predicted octanol–water partition coefficient (Wildman–Crippen LogP) is 3.99. The van der Waals surface area contributed by atoms with Crippen LogP contribution in [-0.4, -0.2) is 13.1 Å². The number of benzene rings is 1. The first kappa shape index (κ1) is 14.4. The first-order valence-corrected chi connectivity index (χ1v) is 7.43. The van der Waals surface area contributed by atoms with Crippen molar-refractivity contribution in [3.63, 3.8) is 0 Å². The van der Waals surface area contributed by atoms with Gasteiger partial charge in [-0.3, -0.25) is 0 Å². The van der Waals surface area contributed by atoms with Crippen molar-refractivity contribution in [3.8, 4) is 11.5 Å². The lowest BCUT2D eigenvalue weighted by Gasteiger charge is -2.28. The molecule has 0 radical (unpaired) electrons. The van der Waals surface area contributed by atoms with E-state index in [0.717, 1.165) is 40.4 Å². The second kappa shape index (κ2) is 5.94. The van der Waals surface area contributed by atoms with Crippen LogP contribution in [0.25, 0.3) is 0 Å². The first-order chi connectivity index (χ1) is 9.14. The lowest BCUT2D eigenvalue weighted by molar-refractivity contribution is -0.111. The van der Waals surface area contributed by atoms with Crippen LogP contribution in [0.3, 0.4) is 0 Å². The van der Waals surface area contributed by atoms with E-state index >= 15 is 0 Å². The molecule has 2 rings (SSSR count). The highest BCUT2D eigenvalue weighted by atomic mass is 127. The fourth-order valence-corrected chi connectivity index (χ4v) is 2.97. The van der Waals surface area contributed by atoms with Gasteiger partial charge >= 0.3 is 0 Å². The van der Waals surface area contributed by atoms with Gasteiger partial charge < -0.3 is 14.3 Å². The van der Waals surface area contributed by atoms with Gasteiger partial charge in [0.2, 0.25) is 6.79 Å². The third-order valence-corrected chi connectivity index (χ3v) is 4.46. The lowest BCUT2D eigenvalue weighted by Crippen LogP contribution is -2.28. The minimum absolute atomic E-state index is 0.243. The molecule has 0 saturated heterocycles. The fourth-order valence-electron chi connectivity index (χ4n) is 2.26. The molecule has 19 heavy (non-hydrogen) atoms. The van der Waals surface area contributed by atoms with Gasteiger partial charge in [0.25, 0.3) is 0 Å². The summed E-state index contributed by atoms with van der Waals surface area (Å²) in [6.07, 6.45) is 3.81. The standard InChI is InChI=1S/C15H17IO3/c1-3-4-7-15(9-17,11(2)16)12-5-6-13-14(8-12)19-10-18-13/h5-6,8-9H,2-4,7,10H2,1H3/t15-/m1/s1. The molecule has 102 valence electrons. The van der Waals surface area contributed by atoms with Crippen LogP contribution in [0.5, 0.6) is 11.5 Å². The summed E-state index contributed by atoms with van der Waals surface area (Å²) in [5, 5.41) is 0. The number of rotatable bonds is 6. The van der Waals surface area contributed by atoms with Crippen LogP contribution >= 0.6 is 22.6 Å². The van der Waals surface area contributed by atoms with Gasteiger partial charge in [-0.1, -0.05) is 32.4 Å². The Hall–Kier alpha value is -1.04. The number of carbonyl (C=O) groups is 1. The van der Waals surface area contributed by atoms with Crippen LogP contribution in [0, 0.1) is 0 Å². The molecule has 1 aliphatic rings. The molecule has 3 nitrogen and oxygen atoms in total. The van der Waals surface area contributed by atoms with E-state index < -0.39 is 5.41 Å². The average Bonchev–Trinajstić information content (AvgIpc) is 2.87. The van der Waals surface area contributed by atoms with Crippen LogP contribution in [0.2, 0.25) is 0 Å². The second-order valence-electron chi connectivity index (χ2n) is 4.67. The van der Waals surface area contributed by atoms with Gasteiger partial charge in [0.05, 0.1) is 5.41 Å². The Morgan fingerprint density at radius 3 is 2.84 bits per heavy atom. The maximum absolute atomic E-state index is 11.7. The summed E-state index contributed by atoms with van der Waals surface area (Å²) in [6, 6.07) is 5.69. The number of aldehydes is 1. The Morgan fingerprint density at radius 2 is 2.21 bits per heavy atom. The minimum Gasteiger partial charge on any atom is -0.454 e. The van der Waals surface area contributed by atoms with E-state index in [0.29, 0.717) is 5.75 Å². The van der Waals surface area contributed by atoms with Gasteiger partial charge in [0.1, 0.15) is 6.29 Å². The van der Waals surface area contributed by atoms with Crippen molar-refractivity contribution in [2.24, 2.45) is 0 Å². The van der Waals surface area contributed by atoms with Gasteiger partial charge in [0.15, 0.2) is 11.5 Å². The molecule has 0 aliphatic carbocycles. The number of carbonyl (C=O) groups excluding carboxylic acids is 1. The molecule has 1 heterocycles. The van der Waals surface area contributed by atoms with E-state index in [-0.39, 0.29) is 6.79 Å². The van der Waals surface area contributed by atoms with E-state index in [1.54, 1.807) is 0 Å². The van der Waals surface area contributed by atoms with Crippen LogP contribution in [0.1, 0.15) is 31.7 Å². The highest BCUT2D eigenvalue weighted by molar-refractivity contribution is 14.1. The Bertz CT molecular complexity index is 498. The predicted molar refractivity (Wildman–Crippen MR) is 83.0 cm³/mol. The Balaban J connectivity index is 2.42. The molecule has 1 aromatic rings. The number of hydrogen-bond donors (Lipinski definition) is 0. The highest BCUT2D eigenvalue weighted by Crippen LogP contribution is 2.42. The maximum Gasteiger partial charge on any atom is 0.231 e. The summed E-state index contributed by atoms with van der Waals surface area (Å²) >= 11 is 2.15. The molecule has 0 aromatic heterocycles. The quantitative estimate of drug-likeness (QED) is 0.560. The van der Waals surface area contributed by atoms with Gasteiger partial charge in [-0.2, -0.15) is 0 Å². The largest absolute Gasteiger partial charge is 0.454 e. The normalized spacial score (nSPS) is 15.9. The molecule has 0 N–H and O–H groups in total. The van der Waals surface area contributed by atoms with Crippen molar-refractivity contribution < 1.29 is 14.3 Å². The van der Waals surface area contributed by atoms with Crippen LogP contribution < -0.4 is 9.47 Å². The molecule has 0 unspecified atom stereocenters. The smallest absolute Gasteiger partial charge is 0.231 e. The summed E-state index contributed by atoms with van der Waals surface area (Å²) in [5.41, 5.74) is 0.303. The van der Waals surface area contributed by atoms with Gasteiger partial charge in [-0.15, -0.1) is 0 Å². The number of hydrogen-bond acceptors (Lipinski definition) is 3. The monoisotopic (exact) mass is 372 g/mol. The summed E-state index contributed by atoms with van der Waals surface area (Å²) in [4.78, 5) is 11.7. The molecular formula is C15H17IO3. The molecule has 0 amide bonds. The fraction of sp³-hybridized carbons (Fsp3) is 0.400. The van der Waals surface area contributed by atoms with Crippen molar-refractivity contribution in [3.05, 3.63) is 33.9 Å². The van der Waals surface area contributed by atoms with Gasteiger partial charge in [-0.25, -0.2) is 0 Å². The zero-order valence-electron chi connectivity index (χ0n) is 10.9. The topological polar surface area (TPSA) is 35.5 Å². The second-order valence-corrected chi connectivity index (χ2v) is 5.97. The zero-order valence-corrected chi connectivity index (χ0v) is 13.1. The number of unbranched alkanes of at least 4 members (excludes halogenated alkanes) is 1. The van der Waals surface area contributed by atoms with E-state index in [1.165, 1.54) is 0 Å². The van der Waals surface area contributed by atoms with Crippen molar-refractivity contribution in [2.45, 2.75) is 31.6 Å². The lowest BCUT2D eigenvalue weighted by atomic mass is 9.77. The average molecular weight is 372 g/mol. The third kappa shape index (κ3) is 2.63. The van der Waals surface area contributed by atoms with Gasteiger partial charge in [0, 0.05) is 3.58 Å². The van der Waals surface area contributed by atoms with Crippen molar-refractivity contribution in [1.29, 1.82) is 0 Å². The van der Waals surface area contributed by atoms with E-state index in [4.69, 9.17) is 9.47 Å². The molecule has 0 spiro atoms. The van der Waals surface area contributed by atoms with Crippen molar-refractivity contribution in [1.82, 2.24) is 0 Å². The number of ether oxygens (including phenoxy) is 2. The third-order valence-electron chi connectivity index (χ3n) is 3.50. The van der Waals surface area contributed by atoms with Crippen LogP contribution in [-0.2, 0) is 10.2 Å². The first-order valence-electron chi connectivity index (χ1n) is 6.35. The molecule has 4 heteroatoms. The Morgan fingerprint density at radius 1 is 1.47 bits per heavy atom. The summed E-state index contributed by atoms with van der Waals surface area (Å²) in [6.45, 7) is 6.36. The summed E-state index contributed by atoms with van der Waals surface area (Å²) in [5.74, 6) is 1.44. The Kier molecular flexibility index (Phi) is 4.50. The number of fused-ring (bicyclic) bond motifs is 1. The molecule has 0 fully saturated rings. The molecule has 0 saturated carbocycles. The Labute approximate surface area is 127 Å². The van der Waals surface area contributed by atoms with E-state index in [1.807, 2.05) is 18.2 Å². The van der Waals surface area contributed by atoms with Crippen LogP contribution in [0.15, 0.2) is 28.4 Å². The molecule has 1 aliphatic heterocycles. The molecule has 0 bridgehead atoms. The maximum atomic E-state index is 11.7. The van der Waals surface area contributed by atoms with Crippen molar-refractivity contribution in [2.75, 3.05) is 6.79 Å². The van der Waals surface area contributed by atoms with E-state index in [9.17, 15) is 4.79 Å². The van der Waals surface area contributed by atoms with E-state index in [2.05, 4.69) is 36.1 Å². The number of halogens is 1. The van der Waals surface area contributed by atoms with Gasteiger partial charge in [-0.05, 0) is 46.7 Å². The molecule has 1 aromatic carbocycles. The van der Waals surface area contributed by atoms with Crippen LogP contribution in [0.4, 0.5) is 0 Å². The highest BCUT2D eigenvalue weighted by Gasteiger charge is 2.34. The summed E-state index contributed by atoms with van der Waals surface area (Å²) in [7, 11) is 0.